The first-order chi connectivity index (χ1) is 11.5. The van der Waals surface area contributed by atoms with E-state index in [1.165, 1.54) is 31.4 Å². The van der Waals surface area contributed by atoms with Gasteiger partial charge in [-0.3, -0.25) is 0 Å². The Labute approximate surface area is 140 Å². The SMILES string of the molecule is COc1cc(CS(=O)(=O)c2cccc(O)c2)ccc1-c1ccoc1. The maximum absolute atomic E-state index is 12.5. The summed E-state index contributed by atoms with van der Waals surface area (Å²) in [6.45, 7) is 0. The Balaban J connectivity index is 1.93. The lowest BCUT2D eigenvalue weighted by Gasteiger charge is -2.10. The number of furan rings is 1. The number of benzene rings is 2. The molecule has 24 heavy (non-hydrogen) atoms. The van der Waals surface area contributed by atoms with Gasteiger partial charge in [-0.1, -0.05) is 18.2 Å². The number of phenols is 1. The third kappa shape index (κ3) is 3.28. The summed E-state index contributed by atoms with van der Waals surface area (Å²) in [5.41, 5.74) is 2.28. The fourth-order valence-corrected chi connectivity index (χ4v) is 3.83. The Kier molecular flexibility index (Phi) is 4.31. The topological polar surface area (TPSA) is 76.7 Å². The molecule has 0 fully saturated rings. The van der Waals surface area contributed by atoms with Gasteiger partial charge in [0.15, 0.2) is 9.84 Å². The van der Waals surface area contributed by atoms with Gasteiger partial charge in [0.2, 0.25) is 0 Å². The molecule has 0 saturated heterocycles. The Morgan fingerprint density at radius 3 is 2.62 bits per heavy atom. The molecule has 0 spiro atoms. The van der Waals surface area contributed by atoms with Crippen LogP contribution in [0.25, 0.3) is 11.1 Å². The second kappa shape index (κ2) is 6.41. The molecule has 1 heterocycles. The van der Waals surface area contributed by atoms with E-state index in [4.69, 9.17) is 9.15 Å². The monoisotopic (exact) mass is 344 g/mol. The number of aromatic hydroxyl groups is 1. The van der Waals surface area contributed by atoms with Gasteiger partial charge in [0.25, 0.3) is 0 Å². The fraction of sp³-hybridized carbons (Fsp3) is 0.111. The van der Waals surface area contributed by atoms with Crippen LogP contribution in [0, 0.1) is 0 Å². The summed E-state index contributed by atoms with van der Waals surface area (Å²) in [5.74, 6) is 0.308. The summed E-state index contributed by atoms with van der Waals surface area (Å²) < 4.78 is 35.4. The lowest BCUT2D eigenvalue weighted by atomic mass is 10.1. The standard InChI is InChI=1S/C18H16O5S/c1-22-18-9-13(5-6-17(18)14-7-8-23-11-14)12-24(20,21)16-4-2-3-15(19)10-16/h2-11,19H,12H2,1H3. The van der Waals surface area contributed by atoms with Crippen LogP contribution >= 0.6 is 0 Å². The molecule has 0 radical (unpaired) electrons. The summed E-state index contributed by atoms with van der Waals surface area (Å²) in [7, 11) is -2.03. The molecule has 0 aliphatic rings. The summed E-state index contributed by atoms with van der Waals surface area (Å²) in [6, 6.07) is 12.7. The number of hydrogen-bond donors (Lipinski definition) is 1. The van der Waals surface area contributed by atoms with Gasteiger partial charge in [-0.25, -0.2) is 8.42 Å². The molecule has 0 aliphatic heterocycles. The van der Waals surface area contributed by atoms with Gasteiger partial charge in [-0.2, -0.15) is 0 Å². The van der Waals surface area contributed by atoms with E-state index in [2.05, 4.69) is 0 Å². The number of phenolic OH excluding ortho intramolecular Hbond substituents is 1. The number of rotatable bonds is 5. The predicted octanol–water partition coefficient (Wildman–Crippen LogP) is 3.63. The van der Waals surface area contributed by atoms with Gasteiger partial charge in [0, 0.05) is 11.1 Å². The Morgan fingerprint density at radius 1 is 1.12 bits per heavy atom. The lowest BCUT2D eigenvalue weighted by molar-refractivity contribution is 0.416. The van der Waals surface area contributed by atoms with Crippen molar-refractivity contribution in [1.82, 2.24) is 0 Å². The second-order valence-corrected chi connectivity index (χ2v) is 7.29. The van der Waals surface area contributed by atoms with E-state index in [0.29, 0.717) is 11.3 Å². The summed E-state index contributed by atoms with van der Waals surface area (Å²) >= 11 is 0. The highest BCUT2D eigenvalue weighted by Crippen LogP contribution is 2.32. The van der Waals surface area contributed by atoms with Crippen molar-refractivity contribution in [2.75, 3.05) is 7.11 Å². The zero-order valence-corrected chi connectivity index (χ0v) is 13.8. The third-order valence-corrected chi connectivity index (χ3v) is 5.32. The van der Waals surface area contributed by atoms with Gasteiger partial charge in [0.1, 0.15) is 11.5 Å². The van der Waals surface area contributed by atoms with Crippen LogP contribution in [0.2, 0.25) is 0 Å². The van der Waals surface area contributed by atoms with Gasteiger partial charge < -0.3 is 14.3 Å². The fourth-order valence-electron chi connectivity index (χ4n) is 2.46. The van der Waals surface area contributed by atoms with E-state index in [-0.39, 0.29) is 16.4 Å². The minimum Gasteiger partial charge on any atom is -0.508 e. The Hall–Kier alpha value is -2.73. The largest absolute Gasteiger partial charge is 0.508 e. The van der Waals surface area contributed by atoms with E-state index in [0.717, 1.165) is 11.1 Å². The summed E-state index contributed by atoms with van der Waals surface area (Å²) in [6.07, 6.45) is 3.16. The van der Waals surface area contributed by atoms with Crippen LogP contribution in [0.1, 0.15) is 5.56 Å². The molecule has 6 heteroatoms. The summed E-state index contributed by atoms with van der Waals surface area (Å²) in [4.78, 5) is 0.0837. The van der Waals surface area contributed by atoms with Gasteiger partial charge in [-0.15, -0.1) is 0 Å². The number of ether oxygens (including phenoxy) is 1. The normalized spacial score (nSPS) is 11.4. The van der Waals surface area contributed by atoms with Crippen molar-refractivity contribution < 1.29 is 22.7 Å². The van der Waals surface area contributed by atoms with Crippen LogP contribution in [0.15, 0.2) is 70.4 Å². The van der Waals surface area contributed by atoms with E-state index in [9.17, 15) is 13.5 Å². The first-order valence-electron chi connectivity index (χ1n) is 7.21. The van der Waals surface area contributed by atoms with Gasteiger partial charge in [-0.05, 0) is 35.9 Å². The lowest BCUT2D eigenvalue weighted by Crippen LogP contribution is -2.05. The molecule has 1 N–H and O–H groups in total. The molecule has 0 saturated carbocycles. The Morgan fingerprint density at radius 2 is 1.96 bits per heavy atom. The second-order valence-electron chi connectivity index (χ2n) is 5.30. The molecular weight excluding hydrogens is 328 g/mol. The van der Waals surface area contributed by atoms with Crippen LogP contribution in [0.3, 0.4) is 0 Å². The van der Waals surface area contributed by atoms with Crippen molar-refractivity contribution in [3.8, 4) is 22.6 Å². The zero-order chi connectivity index (χ0) is 17.2. The van der Waals surface area contributed by atoms with Crippen molar-refractivity contribution in [2.45, 2.75) is 10.6 Å². The minimum atomic E-state index is -3.56. The molecular formula is C18H16O5S. The number of methoxy groups -OCH3 is 1. The first-order valence-corrected chi connectivity index (χ1v) is 8.86. The highest BCUT2D eigenvalue weighted by Gasteiger charge is 2.17. The molecule has 0 aliphatic carbocycles. The van der Waals surface area contributed by atoms with Crippen LogP contribution < -0.4 is 4.74 Å². The highest BCUT2D eigenvalue weighted by atomic mass is 32.2. The average molecular weight is 344 g/mol. The van der Waals surface area contributed by atoms with Crippen molar-refractivity contribution in [2.24, 2.45) is 0 Å². The number of sulfone groups is 1. The molecule has 3 aromatic rings. The molecule has 1 aromatic heterocycles. The quantitative estimate of drug-likeness (QED) is 0.765. The van der Waals surface area contributed by atoms with E-state index < -0.39 is 9.84 Å². The average Bonchev–Trinajstić information content (AvgIpc) is 3.08. The van der Waals surface area contributed by atoms with Gasteiger partial charge >= 0.3 is 0 Å². The third-order valence-electron chi connectivity index (χ3n) is 3.63. The molecule has 2 aromatic carbocycles. The maximum atomic E-state index is 12.5. The van der Waals surface area contributed by atoms with Crippen LogP contribution in [0.4, 0.5) is 0 Å². The molecule has 0 amide bonds. The molecule has 0 unspecified atom stereocenters. The van der Waals surface area contributed by atoms with E-state index >= 15 is 0 Å². The van der Waals surface area contributed by atoms with E-state index in [1.54, 1.807) is 36.8 Å². The van der Waals surface area contributed by atoms with E-state index in [1.807, 2.05) is 0 Å². The first kappa shape index (κ1) is 16.1. The molecule has 0 atom stereocenters. The van der Waals surface area contributed by atoms with Crippen molar-refractivity contribution in [3.05, 3.63) is 66.6 Å². The molecule has 5 nitrogen and oxygen atoms in total. The smallest absolute Gasteiger partial charge is 0.182 e. The zero-order valence-electron chi connectivity index (χ0n) is 13.0. The summed E-state index contributed by atoms with van der Waals surface area (Å²) in [5, 5.41) is 9.47. The van der Waals surface area contributed by atoms with Crippen molar-refractivity contribution >= 4 is 9.84 Å². The predicted molar refractivity (Wildman–Crippen MR) is 89.7 cm³/mol. The van der Waals surface area contributed by atoms with Crippen molar-refractivity contribution in [1.29, 1.82) is 0 Å². The molecule has 0 bridgehead atoms. The molecule has 124 valence electrons. The molecule has 3 rings (SSSR count). The maximum Gasteiger partial charge on any atom is 0.182 e. The van der Waals surface area contributed by atoms with Crippen LogP contribution in [-0.2, 0) is 15.6 Å². The van der Waals surface area contributed by atoms with Crippen LogP contribution in [-0.4, -0.2) is 20.6 Å². The van der Waals surface area contributed by atoms with Gasteiger partial charge in [0.05, 0.1) is 30.3 Å². The highest BCUT2D eigenvalue weighted by molar-refractivity contribution is 7.90. The number of hydrogen-bond acceptors (Lipinski definition) is 5. The van der Waals surface area contributed by atoms with Crippen molar-refractivity contribution in [3.63, 3.8) is 0 Å². The Bertz CT molecular complexity index is 943. The minimum absolute atomic E-state index is 0.0797. The van der Waals surface area contributed by atoms with Crippen LogP contribution in [0.5, 0.6) is 11.5 Å².